The van der Waals surface area contributed by atoms with Crippen molar-refractivity contribution in [2.75, 3.05) is 9.80 Å². The van der Waals surface area contributed by atoms with Crippen molar-refractivity contribution in [1.82, 2.24) is 9.13 Å². The molecule has 0 saturated heterocycles. The number of benzene rings is 11. The SMILES string of the molecule is CC(C)(C)c1cc(-c2cc3c4c(c2)N(C2C(C5CC=CCC5)=CC(C(C)(C)C)CC2C2=CCCCC2)c2cc(-n5c6ccccc6c6ccccc65)ccc2B4c2ccc(-n4c5ccccc5c5ccccc54)cc2N3c2c(-c3ccccc3)cc(C(C)(C)C)cc2-c2ccccc2)cc(C(C)(C)C)c1. The normalized spacial score (nSPS) is 18.4. The number of rotatable bonds is 9. The molecule has 4 atom stereocenters. The molecular weight excluding hydrogens is 1270 g/mol. The molecule has 0 bridgehead atoms. The van der Waals surface area contributed by atoms with Crippen LogP contribution in [0, 0.1) is 23.2 Å². The van der Waals surface area contributed by atoms with E-state index in [4.69, 9.17) is 0 Å². The van der Waals surface area contributed by atoms with E-state index in [1.165, 1.54) is 157 Å². The molecule has 0 amide bonds. The Morgan fingerprint density at radius 2 is 0.886 bits per heavy atom. The second-order valence-electron chi connectivity index (χ2n) is 35.4. The molecule has 0 saturated carbocycles. The minimum absolute atomic E-state index is 0.0151. The van der Waals surface area contributed by atoms with Gasteiger partial charge in [0.2, 0.25) is 0 Å². The smallest absolute Gasteiger partial charge is 0.252 e. The van der Waals surface area contributed by atoms with Gasteiger partial charge in [0.25, 0.3) is 6.71 Å². The number of para-hydroxylation sites is 4. The second kappa shape index (κ2) is 25.3. The van der Waals surface area contributed by atoms with Crippen molar-refractivity contribution in [3.63, 3.8) is 0 Å². The predicted octanol–water partition coefficient (Wildman–Crippen LogP) is 25.4. The number of nitrogens with zero attached hydrogens (tertiary/aromatic N) is 4. The van der Waals surface area contributed by atoms with Gasteiger partial charge in [0.05, 0.1) is 33.8 Å². The van der Waals surface area contributed by atoms with Gasteiger partial charge in [0, 0.05) is 72.7 Å². The number of hydrogen-bond donors (Lipinski definition) is 0. The minimum Gasteiger partial charge on any atom is -0.334 e. The van der Waals surface area contributed by atoms with Gasteiger partial charge in [-0.3, -0.25) is 0 Å². The number of aromatic nitrogens is 2. The Morgan fingerprint density at radius 1 is 0.410 bits per heavy atom. The molecular formula is C100H99BN4. The minimum atomic E-state index is -0.180. The zero-order chi connectivity index (χ0) is 72.0. The molecule has 2 aromatic heterocycles. The molecule has 2 aliphatic heterocycles. The number of allylic oxidation sites excluding steroid dienone is 4. The molecule has 13 aromatic rings. The monoisotopic (exact) mass is 1370 g/mol. The molecule has 0 N–H and O–H groups in total. The Hall–Kier alpha value is -10.1. The predicted molar refractivity (Wildman–Crippen MR) is 451 cm³/mol. The van der Waals surface area contributed by atoms with Gasteiger partial charge < -0.3 is 18.9 Å². The Labute approximate surface area is 623 Å². The van der Waals surface area contributed by atoms with E-state index in [-0.39, 0.29) is 40.3 Å². The Kier molecular flexibility index (Phi) is 16.1. The molecule has 5 aliphatic rings. The first-order chi connectivity index (χ1) is 50.6. The molecule has 3 aliphatic carbocycles. The highest BCUT2D eigenvalue weighted by Gasteiger charge is 2.51. The average Bonchev–Trinajstić information content (AvgIpc) is 1.43. The van der Waals surface area contributed by atoms with E-state index >= 15 is 0 Å². The molecule has 11 aromatic carbocycles. The summed E-state index contributed by atoms with van der Waals surface area (Å²) in [6.07, 6.45) is 19.7. The van der Waals surface area contributed by atoms with Gasteiger partial charge in [0.15, 0.2) is 0 Å². The fourth-order valence-electron chi connectivity index (χ4n) is 19.0. The van der Waals surface area contributed by atoms with E-state index in [1.807, 2.05) is 0 Å². The second-order valence-corrected chi connectivity index (χ2v) is 35.4. The molecule has 4 unspecified atom stereocenters. The molecule has 522 valence electrons. The van der Waals surface area contributed by atoms with E-state index in [0.717, 1.165) is 44.2 Å². The molecule has 4 heterocycles. The molecule has 4 nitrogen and oxygen atoms in total. The Morgan fingerprint density at radius 3 is 1.37 bits per heavy atom. The highest BCUT2D eigenvalue weighted by atomic mass is 15.2. The fraction of sp³-hybridized carbons (Fsp3) is 0.280. The van der Waals surface area contributed by atoms with Gasteiger partial charge in [-0.25, -0.2) is 0 Å². The van der Waals surface area contributed by atoms with Crippen LogP contribution in [0.15, 0.2) is 272 Å². The van der Waals surface area contributed by atoms with E-state index in [0.29, 0.717) is 11.8 Å². The maximum atomic E-state index is 3.04. The van der Waals surface area contributed by atoms with Crippen LogP contribution in [0.4, 0.5) is 28.4 Å². The summed E-state index contributed by atoms with van der Waals surface area (Å²) >= 11 is 0. The summed E-state index contributed by atoms with van der Waals surface area (Å²) in [5.41, 5.74) is 31.6. The van der Waals surface area contributed by atoms with Crippen molar-refractivity contribution in [2.45, 2.75) is 157 Å². The third kappa shape index (κ3) is 11.4. The van der Waals surface area contributed by atoms with E-state index in [2.05, 4.69) is 363 Å². The molecule has 0 spiro atoms. The van der Waals surface area contributed by atoms with Crippen LogP contribution in [0.25, 0.3) is 88.4 Å². The van der Waals surface area contributed by atoms with Crippen LogP contribution in [0.3, 0.4) is 0 Å². The summed E-state index contributed by atoms with van der Waals surface area (Å²) in [5.74, 6) is 1.04. The van der Waals surface area contributed by atoms with E-state index in [1.54, 1.807) is 11.1 Å². The van der Waals surface area contributed by atoms with Gasteiger partial charge >= 0.3 is 0 Å². The summed E-state index contributed by atoms with van der Waals surface area (Å²) in [6, 6.07) is 92.6. The van der Waals surface area contributed by atoms with Crippen LogP contribution in [0.5, 0.6) is 0 Å². The standard InChI is InChI=1S/C100H99BN4/c1-97(2,3)70-53-68(54-71(57-70)98(4,5)6)69-55-92-94-93(56-69)105(96-82(66-37-21-15-22-38-66)60-73(100(10,11)12)61-83(96)67-39-23-16-24-40-67)91-63-75(103-88-47-31-27-43-78(88)79-44-28-32-48-89(79)103)50-52-85(91)101(94)84-51-49-74(102-86-45-29-25-41-76(86)77-42-26-30-46-87(77)102)62-90(84)104(92)95-80(64-33-17-13-18-34-64)58-72(99(7,8)9)59-81(95)65-35-19-14-20-36-65/h13-15,17-21,25-36,39,41-60,62-63,66,73,83,96H,16,22-24,37-38,40,61H2,1-12H3. The number of anilines is 5. The number of hydrogen-bond acceptors (Lipinski definition) is 2. The van der Waals surface area contributed by atoms with E-state index in [9.17, 15) is 0 Å². The summed E-state index contributed by atoms with van der Waals surface area (Å²) in [5, 5.41) is 5.05. The topological polar surface area (TPSA) is 16.3 Å². The van der Waals surface area contributed by atoms with Gasteiger partial charge in [0.1, 0.15) is 0 Å². The maximum Gasteiger partial charge on any atom is 0.252 e. The molecule has 5 heteroatoms. The third-order valence-electron chi connectivity index (χ3n) is 24.7. The van der Waals surface area contributed by atoms with Gasteiger partial charge in [-0.2, -0.15) is 0 Å². The van der Waals surface area contributed by atoms with Crippen LogP contribution in [-0.4, -0.2) is 21.9 Å². The van der Waals surface area contributed by atoms with Gasteiger partial charge in [-0.1, -0.05) is 277 Å². The van der Waals surface area contributed by atoms with Crippen LogP contribution >= 0.6 is 0 Å². The molecule has 0 fully saturated rings. The molecule has 18 rings (SSSR count). The van der Waals surface area contributed by atoms with Crippen LogP contribution in [-0.2, 0) is 16.2 Å². The zero-order valence-corrected chi connectivity index (χ0v) is 63.7. The van der Waals surface area contributed by atoms with Crippen LogP contribution in [0.2, 0.25) is 0 Å². The summed E-state index contributed by atoms with van der Waals surface area (Å²) in [6.45, 7) is 29.0. The lowest BCUT2D eigenvalue weighted by Gasteiger charge is -2.53. The maximum absolute atomic E-state index is 3.04. The summed E-state index contributed by atoms with van der Waals surface area (Å²) in [7, 11) is 0. The molecule has 105 heavy (non-hydrogen) atoms. The van der Waals surface area contributed by atoms with Crippen molar-refractivity contribution < 1.29 is 0 Å². The summed E-state index contributed by atoms with van der Waals surface area (Å²) < 4.78 is 5.13. The quantitative estimate of drug-likeness (QED) is 0.106. The Bertz CT molecular complexity index is 5510. The highest BCUT2D eigenvalue weighted by Crippen LogP contribution is 2.56. The molecule has 0 radical (unpaired) electrons. The first-order valence-electron chi connectivity index (χ1n) is 39.2. The first-order valence-corrected chi connectivity index (χ1v) is 39.2. The van der Waals surface area contributed by atoms with Crippen LogP contribution < -0.4 is 26.2 Å². The first kappa shape index (κ1) is 66.8. The lowest BCUT2D eigenvalue weighted by molar-refractivity contribution is 0.220. The Balaban J connectivity index is 1.04. The number of fused-ring (bicyclic) bond motifs is 10. The van der Waals surface area contributed by atoms with Crippen LogP contribution in [0.1, 0.15) is 151 Å². The summed E-state index contributed by atoms with van der Waals surface area (Å²) in [4.78, 5) is 5.86. The van der Waals surface area contributed by atoms with Gasteiger partial charge in [-0.05, 0) is 219 Å². The van der Waals surface area contributed by atoms with Crippen molar-refractivity contribution in [2.24, 2.45) is 23.2 Å². The lowest BCUT2D eigenvalue weighted by Crippen LogP contribution is -2.64. The highest BCUT2D eigenvalue weighted by molar-refractivity contribution is 7.00. The van der Waals surface area contributed by atoms with Crippen molar-refractivity contribution >= 4 is 95.1 Å². The van der Waals surface area contributed by atoms with Crippen molar-refractivity contribution in [3.05, 3.63) is 289 Å². The van der Waals surface area contributed by atoms with Crippen molar-refractivity contribution in [3.8, 4) is 44.8 Å². The lowest BCUT2D eigenvalue weighted by atomic mass is 9.33. The fourth-order valence-corrected chi connectivity index (χ4v) is 19.0. The third-order valence-corrected chi connectivity index (χ3v) is 24.7. The van der Waals surface area contributed by atoms with Gasteiger partial charge in [-0.15, -0.1) is 0 Å². The largest absolute Gasteiger partial charge is 0.334 e. The zero-order valence-electron chi connectivity index (χ0n) is 63.7. The van der Waals surface area contributed by atoms with Crippen molar-refractivity contribution in [1.29, 1.82) is 0 Å². The van der Waals surface area contributed by atoms with E-state index < -0.39 is 0 Å². The average molecular weight is 1370 g/mol.